The molecule has 0 unspecified atom stereocenters. The van der Waals surface area contributed by atoms with E-state index in [0.29, 0.717) is 25.2 Å². The lowest BCUT2D eigenvalue weighted by molar-refractivity contribution is 0.0242. The number of hydrogen-bond donors (Lipinski definition) is 0. The van der Waals surface area contributed by atoms with Gasteiger partial charge in [-0.25, -0.2) is 4.79 Å². The van der Waals surface area contributed by atoms with Gasteiger partial charge in [0.05, 0.1) is 6.54 Å². The summed E-state index contributed by atoms with van der Waals surface area (Å²) in [6.07, 6.45) is -0.364. The fourth-order valence-corrected chi connectivity index (χ4v) is 3.78. The van der Waals surface area contributed by atoms with E-state index in [4.69, 9.17) is 4.74 Å². The Labute approximate surface area is 176 Å². The molecule has 5 nitrogen and oxygen atoms in total. The van der Waals surface area contributed by atoms with Gasteiger partial charge in [0.25, 0.3) is 5.91 Å². The zero-order valence-corrected chi connectivity index (χ0v) is 17.6. The maximum Gasteiger partial charge on any atom is 0.410 e. The minimum atomic E-state index is -0.568. The molecular formula is C25H26N2O3. The van der Waals surface area contributed by atoms with Gasteiger partial charge >= 0.3 is 6.09 Å². The number of rotatable bonds is 1. The number of fused-ring (bicyclic) bond motifs is 2. The van der Waals surface area contributed by atoms with Gasteiger partial charge in [-0.15, -0.1) is 0 Å². The number of carbonyl (C=O) groups is 2. The van der Waals surface area contributed by atoms with Crippen molar-refractivity contribution in [1.29, 1.82) is 0 Å². The zero-order chi connectivity index (χ0) is 21.3. The molecule has 0 radical (unpaired) electrons. The van der Waals surface area contributed by atoms with Gasteiger partial charge in [-0.3, -0.25) is 4.79 Å². The predicted octanol–water partition coefficient (Wildman–Crippen LogP) is 5.24. The summed E-state index contributed by atoms with van der Waals surface area (Å²) >= 11 is 0. The molecule has 1 aliphatic rings. The highest BCUT2D eigenvalue weighted by atomic mass is 16.6. The van der Waals surface area contributed by atoms with Gasteiger partial charge in [0.1, 0.15) is 5.60 Å². The number of anilines is 1. The second-order valence-electron chi connectivity index (χ2n) is 8.51. The van der Waals surface area contributed by atoms with Crippen LogP contribution < -0.4 is 4.90 Å². The summed E-state index contributed by atoms with van der Waals surface area (Å²) in [4.78, 5) is 29.8. The van der Waals surface area contributed by atoms with Crippen LogP contribution in [0.15, 0.2) is 66.7 Å². The fourth-order valence-electron chi connectivity index (χ4n) is 3.78. The molecule has 0 saturated carbocycles. The van der Waals surface area contributed by atoms with E-state index in [1.54, 1.807) is 9.80 Å². The number of hydrogen-bond acceptors (Lipinski definition) is 3. The number of benzene rings is 3. The van der Waals surface area contributed by atoms with Crippen molar-refractivity contribution in [3.63, 3.8) is 0 Å². The molecule has 3 aromatic rings. The molecule has 1 heterocycles. The summed E-state index contributed by atoms with van der Waals surface area (Å²) in [5, 5.41) is 1.96. The fraction of sp³-hybridized carbons (Fsp3) is 0.280. The zero-order valence-electron chi connectivity index (χ0n) is 17.6. The topological polar surface area (TPSA) is 49.9 Å². The minimum Gasteiger partial charge on any atom is -0.444 e. The van der Waals surface area contributed by atoms with Gasteiger partial charge in [0.15, 0.2) is 0 Å². The van der Waals surface area contributed by atoms with Crippen LogP contribution in [-0.4, -0.2) is 35.6 Å². The van der Waals surface area contributed by atoms with E-state index in [2.05, 4.69) is 0 Å². The van der Waals surface area contributed by atoms with Crippen molar-refractivity contribution in [3.8, 4) is 0 Å². The molecule has 0 N–H and O–H groups in total. The third kappa shape index (κ3) is 4.01. The summed E-state index contributed by atoms with van der Waals surface area (Å²) < 4.78 is 5.57. The third-order valence-corrected chi connectivity index (χ3v) is 5.15. The van der Waals surface area contributed by atoms with E-state index in [1.807, 2.05) is 87.5 Å². The molecule has 0 aliphatic carbocycles. The first kappa shape index (κ1) is 20.0. The Morgan fingerprint density at radius 2 is 1.57 bits per heavy atom. The van der Waals surface area contributed by atoms with Crippen molar-refractivity contribution < 1.29 is 14.3 Å². The number of ether oxygens (including phenoxy) is 1. The van der Waals surface area contributed by atoms with Crippen molar-refractivity contribution in [2.75, 3.05) is 18.0 Å². The molecule has 5 heteroatoms. The highest BCUT2D eigenvalue weighted by molar-refractivity contribution is 6.14. The van der Waals surface area contributed by atoms with Gasteiger partial charge in [0, 0.05) is 24.3 Å². The Balaban J connectivity index is 1.69. The summed E-state index contributed by atoms with van der Waals surface area (Å²) in [5.41, 5.74) is 1.85. The lowest BCUT2D eigenvalue weighted by atomic mass is 10.0. The molecule has 1 aliphatic heterocycles. The number of nitrogens with zero attached hydrogens (tertiary/aromatic N) is 2. The Morgan fingerprint density at radius 1 is 0.867 bits per heavy atom. The highest BCUT2D eigenvalue weighted by Crippen LogP contribution is 2.29. The van der Waals surface area contributed by atoms with Crippen molar-refractivity contribution in [1.82, 2.24) is 4.90 Å². The van der Waals surface area contributed by atoms with Crippen LogP contribution in [0.4, 0.5) is 10.5 Å². The standard InChI is InChI=1S/C25H26N2O3/c1-25(2,3)30-24(29)26-15-16-27(22-14-7-5-10-19(22)17-26)23(28)21-13-8-11-18-9-4-6-12-20(18)21/h4-14H,15-17H2,1-3H3. The van der Waals surface area contributed by atoms with Gasteiger partial charge in [-0.1, -0.05) is 54.6 Å². The molecule has 154 valence electrons. The number of amides is 2. The monoisotopic (exact) mass is 402 g/mol. The molecule has 30 heavy (non-hydrogen) atoms. The van der Waals surface area contributed by atoms with E-state index in [0.717, 1.165) is 22.0 Å². The maximum absolute atomic E-state index is 13.6. The molecule has 0 spiro atoms. The van der Waals surface area contributed by atoms with Gasteiger partial charge in [-0.2, -0.15) is 0 Å². The van der Waals surface area contributed by atoms with E-state index in [9.17, 15) is 9.59 Å². The molecular weight excluding hydrogens is 376 g/mol. The summed E-state index contributed by atoms with van der Waals surface area (Å²) in [6, 6.07) is 21.4. The van der Waals surface area contributed by atoms with E-state index in [1.165, 1.54) is 0 Å². The average molecular weight is 402 g/mol. The number of carbonyl (C=O) groups excluding carboxylic acids is 2. The van der Waals surface area contributed by atoms with Crippen LogP contribution in [0.3, 0.4) is 0 Å². The molecule has 0 fully saturated rings. The smallest absolute Gasteiger partial charge is 0.410 e. The van der Waals surface area contributed by atoms with Crippen molar-refractivity contribution in [3.05, 3.63) is 77.9 Å². The first-order valence-corrected chi connectivity index (χ1v) is 10.2. The molecule has 4 rings (SSSR count). The third-order valence-electron chi connectivity index (χ3n) is 5.15. The average Bonchev–Trinajstić information content (AvgIpc) is 2.91. The molecule has 0 bridgehead atoms. The van der Waals surface area contributed by atoms with Gasteiger partial charge in [0.2, 0.25) is 0 Å². The maximum atomic E-state index is 13.6. The Bertz CT molecular complexity index is 1100. The molecule has 3 aromatic carbocycles. The summed E-state index contributed by atoms with van der Waals surface area (Å²) in [5.74, 6) is -0.0645. The highest BCUT2D eigenvalue weighted by Gasteiger charge is 2.29. The summed E-state index contributed by atoms with van der Waals surface area (Å²) in [6.45, 7) is 6.77. The second kappa shape index (κ2) is 7.82. The van der Waals surface area contributed by atoms with Crippen LogP contribution in [0, 0.1) is 0 Å². The quantitative estimate of drug-likeness (QED) is 0.559. The predicted molar refractivity (Wildman–Crippen MR) is 119 cm³/mol. The van der Waals surface area contributed by atoms with Crippen LogP contribution in [0.5, 0.6) is 0 Å². The lowest BCUT2D eigenvalue weighted by Crippen LogP contribution is -2.40. The van der Waals surface area contributed by atoms with Crippen LogP contribution in [0.2, 0.25) is 0 Å². The Hall–Kier alpha value is -3.34. The van der Waals surface area contributed by atoms with Crippen LogP contribution in [0.25, 0.3) is 10.8 Å². The largest absolute Gasteiger partial charge is 0.444 e. The van der Waals surface area contributed by atoms with Gasteiger partial charge in [-0.05, 0) is 49.2 Å². The van der Waals surface area contributed by atoms with Crippen LogP contribution in [0.1, 0.15) is 36.7 Å². The molecule has 0 aromatic heterocycles. The SMILES string of the molecule is CC(C)(C)OC(=O)N1CCN(C(=O)c2cccc3ccccc23)c2ccccc2C1. The lowest BCUT2D eigenvalue weighted by Gasteiger charge is -2.26. The minimum absolute atomic E-state index is 0.0645. The van der Waals surface area contributed by atoms with E-state index >= 15 is 0 Å². The van der Waals surface area contributed by atoms with E-state index < -0.39 is 5.60 Å². The van der Waals surface area contributed by atoms with E-state index in [-0.39, 0.29) is 12.0 Å². The van der Waals surface area contributed by atoms with Crippen molar-refractivity contribution in [2.24, 2.45) is 0 Å². The van der Waals surface area contributed by atoms with Crippen LogP contribution >= 0.6 is 0 Å². The number of para-hydroxylation sites is 1. The first-order chi connectivity index (χ1) is 14.3. The first-order valence-electron chi connectivity index (χ1n) is 10.2. The van der Waals surface area contributed by atoms with Crippen LogP contribution in [-0.2, 0) is 11.3 Å². The molecule has 2 amide bonds. The Kier molecular flexibility index (Phi) is 5.20. The normalized spacial score (nSPS) is 14.2. The Morgan fingerprint density at radius 3 is 2.37 bits per heavy atom. The second-order valence-corrected chi connectivity index (χ2v) is 8.51. The molecule has 0 atom stereocenters. The van der Waals surface area contributed by atoms with Crippen molar-refractivity contribution in [2.45, 2.75) is 32.9 Å². The van der Waals surface area contributed by atoms with Crippen molar-refractivity contribution >= 4 is 28.5 Å². The summed E-state index contributed by atoms with van der Waals surface area (Å²) in [7, 11) is 0. The molecule has 0 saturated heterocycles. The van der Waals surface area contributed by atoms with Gasteiger partial charge < -0.3 is 14.5 Å².